The van der Waals surface area contributed by atoms with Crippen LogP contribution in [0.15, 0.2) is 34.1 Å². The topological polar surface area (TPSA) is 12.0 Å². The van der Waals surface area contributed by atoms with E-state index in [1.54, 1.807) is 11.3 Å². The Balaban J connectivity index is 2.45. The maximum atomic E-state index is 3.55. The zero-order valence-corrected chi connectivity index (χ0v) is 12.7. The summed E-state index contributed by atoms with van der Waals surface area (Å²) in [6, 6.07) is 8.97. The Morgan fingerprint density at radius 1 is 1.24 bits per heavy atom. The van der Waals surface area contributed by atoms with Crippen molar-refractivity contribution in [2.45, 2.75) is 19.9 Å². The molecule has 1 nitrogen and oxygen atoms in total. The monoisotopic (exact) mass is 309 g/mol. The maximum Gasteiger partial charge on any atom is 0.0585 e. The Morgan fingerprint density at radius 3 is 2.59 bits per heavy atom. The SMILES string of the molecule is CNC(c1csc(C)c1)c1cc(Br)ccc1C. The lowest BCUT2D eigenvalue weighted by molar-refractivity contribution is 0.689. The van der Waals surface area contributed by atoms with Crippen molar-refractivity contribution in [3.63, 3.8) is 0 Å². The van der Waals surface area contributed by atoms with Crippen molar-refractivity contribution in [1.82, 2.24) is 5.32 Å². The van der Waals surface area contributed by atoms with Crippen LogP contribution < -0.4 is 5.32 Å². The third kappa shape index (κ3) is 2.79. The molecule has 0 saturated carbocycles. The number of hydrogen-bond donors (Lipinski definition) is 1. The second kappa shape index (κ2) is 5.34. The van der Waals surface area contributed by atoms with E-state index >= 15 is 0 Å². The maximum absolute atomic E-state index is 3.55. The van der Waals surface area contributed by atoms with Gasteiger partial charge in [-0.3, -0.25) is 0 Å². The molecule has 1 aromatic heterocycles. The first-order valence-corrected chi connectivity index (χ1v) is 7.27. The number of hydrogen-bond acceptors (Lipinski definition) is 2. The molecule has 2 aromatic rings. The smallest absolute Gasteiger partial charge is 0.0585 e. The lowest BCUT2D eigenvalue weighted by Gasteiger charge is -2.18. The van der Waals surface area contributed by atoms with Gasteiger partial charge < -0.3 is 5.32 Å². The molecule has 1 heterocycles. The first-order chi connectivity index (χ1) is 8.11. The predicted octanol–water partition coefficient (Wildman–Crippen LogP) is 4.44. The lowest BCUT2D eigenvalue weighted by Crippen LogP contribution is -2.18. The fourth-order valence-corrected chi connectivity index (χ4v) is 3.15. The Kier molecular flexibility index (Phi) is 4.02. The van der Waals surface area contributed by atoms with E-state index in [0.29, 0.717) is 0 Å². The van der Waals surface area contributed by atoms with Crippen LogP contribution in [0.4, 0.5) is 0 Å². The molecule has 2 rings (SSSR count). The molecule has 0 spiro atoms. The van der Waals surface area contributed by atoms with Gasteiger partial charge in [-0.1, -0.05) is 22.0 Å². The Bertz CT molecular complexity index is 519. The number of benzene rings is 1. The first kappa shape index (κ1) is 12.8. The summed E-state index contributed by atoms with van der Waals surface area (Å²) >= 11 is 5.35. The molecule has 0 fully saturated rings. The van der Waals surface area contributed by atoms with Crippen molar-refractivity contribution >= 4 is 27.3 Å². The summed E-state index contributed by atoms with van der Waals surface area (Å²) in [6.07, 6.45) is 0. The molecule has 1 atom stereocenters. The molecule has 0 aliphatic rings. The molecule has 17 heavy (non-hydrogen) atoms. The predicted molar refractivity (Wildman–Crippen MR) is 78.8 cm³/mol. The van der Waals surface area contributed by atoms with Gasteiger partial charge in [0.15, 0.2) is 0 Å². The molecule has 90 valence electrons. The second-order valence-corrected chi connectivity index (χ2v) is 6.24. The van der Waals surface area contributed by atoms with E-state index in [1.807, 2.05) is 7.05 Å². The Hall–Kier alpha value is -0.640. The highest BCUT2D eigenvalue weighted by molar-refractivity contribution is 9.10. The molecule has 1 aromatic carbocycles. The summed E-state index contributed by atoms with van der Waals surface area (Å²) in [4.78, 5) is 1.35. The van der Waals surface area contributed by atoms with Crippen LogP contribution in [0.5, 0.6) is 0 Å². The van der Waals surface area contributed by atoms with Crippen molar-refractivity contribution in [2.24, 2.45) is 0 Å². The van der Waals surface area contributed by atoms with E-state index in [-0.39, 0.29) is 6.04 Å². The van der Waals surface area contributed by atoms with Crippen LogP contribution in [0.2, 0.25) is 0 Å². The fourth-order valence-electron chi connectivity index (χ4n) is 2.04. The van der Waals surface area contributed by atoms with Crippen molar-refractivity contribution in [1.29, 1.82) is 0 Å². The third-order valence-electron chi connectivity index (χ3n) is 2.93. The highest BCUT2D eigenvalue weighted by atomic mass is 79.9. The molecular weight excluding hydrogens is 294 g/mol. The fraction of sp³-hybridized carbons (Fsp3) is 0.286. The van der Waals surface area contributed by atoms with Crippen LogP contribution in [0, 0.1) is 13.8 Å². The summed E-state index contributed by atoms with van der Waals surface area (Å²) in [5.41, 5.74) is 3.99. The van der Waals surface area contributed by atoms with Crippen LogP contribution in [0.1, 0.15) is 27.6 Å². The minimum Gasteiger partial charge on any atom is -0.309 e. The summed E-state index contributed by atoms with van der Waals surface area (Å²) in [5, 5.41) is 5.63. The van der Waals surface area contributed by atoms with E-state index in [9.17, 15) is 0 Å². The number of rotatable bonds is 3. The van der Waals surface area contributed by atoms with Gasteiger partial charge in [0, 0.05) is 9.35 Å². The van der Waals surface area contributed by atoms with E-state index in [1.165, 1.54) is 21.6 Å². The molecule has 0 amide bonds. The van der Waals surface area contributed by atoms with Gasteiger partial charge in [0.05, 0.1) is 6.04 Å². The summed E-state index contributed by atoms with van der Waals surface area (Å²) in [6.45, 7) is 4.31. The Morgan fingerprint density at radius 2 is 2.00 bits per heavy atom. The number of nitrogens with one attached hydrogen (secondary N) is 1. The average molecular weight is 310 g/mol. The first-order valence-electron chi connectivity index (χ1n) is 5.60. The largest absolute Gasteiger partial charge is 0.309 e. The Labute approximate surface area is 115 Å². The second-order valence-electron chi connectivity index (χ2n) is 4.21. The molecular formula is C14H16BrNS. The van der Waals surface area contributed by atoms with Crippen molar-refractivity contribution in [3.8, 4) is 0 Å². The molecule has 0 aliphatic carbocycles. The minimum absolute atomic E-state index is 0.275. The van der Waals surface area contributed by atoms with Crippen LogP contribution >= 0.6 is 27.3 Å². The van der Waals surface area contributed by atoms with Gasteiger partial charge in [-0.25, -0.2) is 0 Å². The molecule has 3 heteroatoms. The van der Waals surface area contributed by atoms with E-state index in [2.05, 4.69) is 64.7 Å². The highest BCUT2D eigenvalue weighted by Crippen LogP contribution is 2.29. The molecule has 0 bridgehead atoms. The van der Waals surface area contributed by atoms with Crippen molar-refractivity contribution in [3.05, 3.63) is 55.7 Å². The number of halogens is 1. The van der Waals surface area contributed by atoms with Crippen LogP contribution in [-0.4, -0.2) is 7.05 Å². The van der Waals surface area contributed by atoms with Crippen LogP contribution in [0.25, 0.3) is 0 Å². The minimum atomic E-state index is 0.275. The molecule has 1 N–H and O–H groups in total. The van der Waals surface area contributed by atoms with Crippen LogP contribution in [0.3, 0.4) is 0 Å². The van der Waals surface area contributed by atoms with Crippen molar-refractivity contribution in [2.75, 3.05) is 7.05 Å². The summed E-state index contributed by atoms with van der Waals surface area (Å²) in [5.74, 6) is 0. The van der Waals surface area contributed by atoms with Gasteiger partial charge in [0.25, 0.3) is 0 Å². The zero-order chi connectivity index (χ0) is 12.4. The summed E-state index contributed by atoms with van der Waals surface area (Å²) in [7, 11) is 2.01. The molecule has 0 saturated heterocycles. The standard InChI is InChI=1S/C14H16BrNS/c1-9-4-5-12(15)7-13(9)14(16-3)11-6-10(2)17-8-11/h4-8,14,16H,1-3H3. The third-order valence-corrected chi connectivity index (χ3v) is 4.30. The quantitative estimate of drug-likeness (QED) is 0.884. The van der Waals surface area contributed by atoms with Gasteiger partial charge in [0.1, 0.15) is 0 Å². The summed E-state index contributed by atoms with van der Waals surface area (Å²) < 4.78 is 1.13. The van der Waals surface area contributed by atoms with Gasteiger partial charge in [-0.2, -0.15) is 0 Å². The zero-order valence-electron chi connectivity index (χ0n) is 10.3. The number of thiophene rings is 1. The molecule has 0 aliphatic heterocycles. The van der Waals surface area contributed by atoms with Gasteiger partial charge in [0.2, 0.25) is 0 Å². The highest BCUT2D eigenvalue weighted by Gasteiger charge is 2.15. The average Bonchev–Trinajstić information content (AvgIpc) is 2.71. The number of aryl methyl sites for hydroxylation is 2. The van der Waals surface area contributed by atoms with E-state index in [0.717, 1.165) is 4.47 Å². The van der Waals surface area contributed by atoms with Crippen molar-refractivity contribution < 1.29 is 0 Å². The van der Waals surface area contributed by atoms with Gasteiger partial charge in [-0.15, -0.1) is 11.3 Å². The van der Waals surface area contributed by atoms with Crippen LogP contribution in [-0.2, 0) is 0 Å². The van der Waals surface area contributed by atoms with E-state index in [4.69, 9.17) is 0 Å². The lowest BCUT2D eigenvalue weighted by atomic mass is 9.97. The van der Waals surface area contributed by atoms with Gasteiger partial charge in [-0.05, 0) is 61.2 Å². The molecule has 0 radical (unpaired) electrons. The van der Waals surface area contributed by atoms with E-state index < -0.39 is 0 Å². The van der Waals surface area contributed by atoms with Gasteiger partial charge >= 0.3 is 0 Å². The molecule has 1 unspecified atom stereocenters. The normalized spacial score (nSPS) is 12.7.